The number of aliphatic hydroxyl groups excluding tert-OH is 1. The largest absolute Gasteiger partial charge is 0.396 e. The molecule has 2 rings (SSSR count). The first kappa shape index (κ1) is 17.0. The molecule has 23 heavy (non-hydrogen) atoms. The first-order chi connectivity index (χ1) is 11.1. The van der Waals surface area contributed by atoms with Crippen LogP contribution in [0.3, 0.4) is 0 Å². The minimum Gasteiger partial charge on any atom is -0.396 e. The summed E-state index contributed by atoms with van der Waals surface area (Å²) in [6.45, 7) is 3.78. The third kappa shape index (κ3) is 4.79. The Morgan fingerprint density at radius 2 is 2.04 bits per heavy atom. The third-order valence-electron chi connectivity index (χ3n) is 3.50. The Bertz CT molecular complexity index is 615. The molecular formula is C16H22N4O3. The zero-order valence-corrected chi connectivity index (χ0v) is 13.3. The van der Waals surface area contributed by atoms with Crippen LogP contribution >= 0.6 is 0 Å². The van der Waals surface area contributed by atoms with Crippen molar-refractivity contribution in [3.8, 4) is 11.5 Å². The Kier molecular flexibility index (Phi) is 6.10. The Labute approximate surface area is 135 Å². The summed E-state index contributed by atoms with van der Waals surface area (Å²) in [5.41, 5.74) is 0.830. The molecule has 2 amide bonds. The monoisotopic (exact) mass is 318 g/mol. The number of carbonyl (C=O) groups excluding carboxylic acids is 1. The van der Waals surface area contributed by atoms with Gasteiger partial charge in [0.1, 0.15) is 0 Å². The van der Waals surface area contributed by atoms with Gasteiger partial charge in [0.05, 0.1) is 6.04 Å². The van der Waals surface area contributed by atoms with Crippen LogP contribution in [0, 0.1) is 0 Å². The van der Waals surface area contributed by atoms with Gasteiger partial charge in [-0.05, 0) is 31.9 Å². The minimum atomic E-state index is -0.386. The number of nitrogens with one attached hydrogen (secondary N) is 2. The molecule has 2 unspecified atom stereocenters. The third-order valence-corrected chi connectivity index (χ3v) is 3.50. The van der Waals surface area contributed by atoms with Gasteiger partial charge in [0.15, 0.2) is 5.82 Å². The van der Waals surface area contributed by atoms with Crippen molar-refractivity contribution in [3.05, 3.63) is 36.2 Å². The van der Waals surface area contributed by atoms with Crippen LogP contribution in [-0.2, 0) is 0 Å². The first-order valence-corrected chi connectivity index (χ1v) is 7.71. The lowest BCUT2D eigenvalue weighted by Gasteiger charge is -2.17. The summed E-state index contributed by atoms with van der Waals surface area (Å²) in [5, 5.41) is 18.4. The maximum absolute atomic E-state index is 12.0. The van der Waals surface area contributed by atoms with Gasteiger partial charge in [-0.2, -0.15) is 4.98 Å². The van der Waals surface area contributed by atoms with Crippen molar-refractivity contribution in [2.24, 2.45) is 0 Å². The SMILES string of the molecule is CCC(CCO)NC(=O)NC(C)c1noc(-c2ccccc2)n1. The lowest BCUT2D eigenvalue weighted by Crippen LogP contribution is -2.43. The maximum Gasteiger partial charge on any atom is 0.315 e. The molecule has 7 heteroatoms. The van der Waals surface area contributed by atoms with Crippen molar-refractivity contribution >= 4 is 6.03 Å². The highest BCUT2D eigenvalue weighted by atomic mass is 16.5. The van der Waals surface area contributed by atoms with Gasteiger partial charge >= 0.3 is 6.03 Å². The zero-order chi connectivity index (χ0) is 16.7. The van der Waals surface area contributed by atoms with E-state index in [4.69, 9.17) is 9.63 Å². The summed E-state index contributed by atoms with van der Waals surface area (Å²) in [7, 11) is 0. The second-order valence-electron chi connectivity index (χ2n) is 5.28. The normalized spacial score (nSPS) is 13.3. The molecule has 0 saturated heterocycles. The fourth-order valence-electron chi connectivity index (χ4n) is 2.13. The summed E-state index contributed by atoms with van der Waals surface area (Å²) >= 11 is 0. The Morgan fingerprint density at radius 1 is 1.30 bits per heavy atom. The summed E-state index contributed by atoms with van der Waals surface area (Å²) in [4.78, 5) is 16.3. The number of urea groups is 1. The highest BCUT2D eigenvalue weighted by Gasteiger charge is 2.18. The van der Waals surface area contributed by atoms with Crippen LogP contribution in [0.2, 0.25) is 0 Å². The Balaban J connectivity index is 1.94. The Morgan fingerprint density at radius 3 is 2.70 bits per heavy atom. The van der Waals surface area contributed by atoms with E-state index in [-0.39, 0.29) is 24.7 Å². The molecule has 0 bridgehead atoms. The Hall–Kier alpha value is -2.41. The molecule has 3 N–H and O–H groups in total. The number of aliphatic hydroxyl groups is 1. The van der Waals surface area contributed by atoms with Crippen LogP contribution in [0.1, 0.15) is 38.6 Å². The average molecular weight is 318 g/mol. The average Bonchev–Trinajstić information content (AvgIpc) is 3.05. The fraction of sp³-hybridized carbons (Fsp3) is 0.438. The van der Waals surface area contributed by atoms with Gasteiger partial charge in [0, 0.05) is 18.2 Å². The predicted octanol–water partition coefficient (Wildman–Crippen LogP) is 2.26. The molecule has 0 aliphatic carbocycles. The van der Waals surface area contributed by atoms with E-state index in [2.05, 4.69) is 20.8 Å². The molecule has 0 aliphatic rings. The van der Waals surface area contributed by atoms with E-state index in [1.54, 1.807) is 6.92 Å². The standard InChI is InChI=1S/C16H22N4O3/c1-3-13(9-10-21)18-16(22)17-11(2)14-19-15(23-20-14)12-7-5-4-6-8-12/h4-8,11,13,21H,3,9-10H2,1-2H3,(H2,17,18,22). The molecule has 0 saturated carbocycles. The van der Waals surface area contributed by atoms with Crippen LogP contribution in [-0.4, -0.2) is 33.9 Å². The summed E-state index contributed by atoms with van der Waals surface area (Å²) < 4.78 is 5.23. The van der Waals surface area contributed by atoms with E-state index < -0.39 is 0 Å². The van der Waals surface area contributed by atoms with Crippen molar-refractivity contribution in [1.29, 1.82) is 0 Å². The quantitative estimate of drug-likeness (QED) is 0.727. The molecule has 1 aromatic carbocycles. The van der Waals surface area contributed by atoms with Crippen LogP contribution in [0.25, 0.3) is 11.5 Å². The van der Waals surface area contributed by atoms with Gasteiger partial charge in [-0.25, -0.2) is 4.79 Å². The molecule has 7 nitrogen and oxygen atoms in total. The number of rotatable bonds is 7. The van der Waals surface area contributed by atoms with Crippen LogP contribution in [0.4, 0.5) is 4.79 Å². The topological polar surface area (TPSA) is 100 Å². The lowest BCUT2D eigenvalue weighted by molar-refractivity contribution is 0.225. The van der Waals surface area contributed by atoms with Crippen molar-refractivity contribution < 1.29 is 14.4 Å². The van der Waals surface area contributed by atoms with Gasteiger partial charge in [0.2, 0.25) is 0 Å². The molecule has 0 fully saturated rings. The van der Waals surface area contributed by atoms with E-state index >= 15 is 0 Å². The van der Waals surface area contributed by atoms with E-state index in [1.165, 1.54) is 0 Å². The highest BCUT2D eigenvalue weighted by Crippen LogP contribution is 2.18. The van der Waals surface area contributed by atoms with Crippen LogP contribution in [0.15, 0.2) is 34.9 Å². The van der Waals surface area contributed by atoms with E-state index in [0.717, 1.165) is 12.0 Å². The number of amides is 2. The van der Waals surface area contributed by atoms with Gasteiger partial charge in [-0.1, -0.05) is 30.3 Å². The van der Waals surface area contributed by atoms with Crippen molar-refractivity contribution in [1.82, 2.24) is 20.8 Å². The minimum absolute atomic E-state index is 0.0413. The van der Waals surface area contributed by atoms with Gasteiger partial charge in [-0.15, -0.1) is 0 Å². The highest BCUT2D eigenvalue weighted by molar-refractivity contribution is 5.74. The fourth-order valence-corrected chi connectivity index (χ4v) is 2.13. The molecule has 1 heterocycles. The van der Waals surface area contributed by atoms with E-state index in [1.807, 2.05) is 37.3 Å². The number of carbonyl (C=O) groups is 1. The summed E-state index contributed by atoms with van der Waals surface area (Å²) in [5.74, 6) is 0.829. The number of hydrogen-bond acceptors (Lipinski definition) is 5. The lowest BCUT2D eigenvalue weighted by atomic mass is 10.1. The van der Waals surface area contributed by atoms with E-state index in [0.29, 0.717) is 18.1 Å². The first-order valence-electron chi connectivity index (χ1n) is 7.71. The van der Waals surface area contributed by atoms with Crippen molar-refractivity contribution in [2.75, 3.05) is 6.61 Å². The van der Waals surface area contributed by atoms with Crippen LogP contribution < -0.4 is 10.6 Å². The number of nitrogens with zero attached hydrogens (tertiary/aromatic N) is 2. The number of benzene rings is 1. The number of hydrogen-bond donors (Lipinski definition) is 3. The number of aromatic nitrogens is 2. The molecule has 0 spiro atoms. The second kappa shape index (κ2) is 8.28. The van der Waals surface area contributed by atoms with E-state index in [9.17, 15) is 4.79 Å². The smallest absolute Gasteiger partial charge is 0.315 e. The zero-order valence-electron chi connectivity index (χ0n) is 13.3. The summed E-state index contributed by atoms with van der Waals surface area (Å²) in [6.07, 6.45) is 1.28. The van der Waals surface area contributed by atoms with Gasteiger partial charge < -0.3 is 20.3 Å². The predicted molar refractivity (Wildman–Crippen MR) is 85.6 cm³/mol. The van der Waals surface area contributed by atoms with Crippen molar-refractivity contribution in [2.45, 2.75) is 38.8 Å². The van der Waals surface area contributed by atoms with Gasteiger partial charge in [-0.3, -0.25) is 0 Å². The van der Waals surface area contributed by atoms with Crippen molar-refractivity contribution in [3.63, 3.8) is 0 Å². The molecule has 2 atom stereocenters. The second-order valence-corrected chi connectivity index (χ2v) is 5.28. The molecular weight excluding hydrogens is 296 g/mol. The molecule has 0 aliphatic heterocycles. The molecule has 0 radical (unpaired) electrons. The van der Waals surface area contributed by atoms with Crippen LogP contribution in [0.5, 0.6) is 0 Å². The molecule has 2 aromatic rings. The maximum atomic E-state index is 12.0. The summed E-state index contributed by atoms with van der Waals surface area (Å²) in [6, 6.07) is 8.68. The molecule has 1 aromatic heterocycles. The van der Waals surface area contributed by atoms with Gasteiger partial charge in [0.25, 0.3) is 5.89 Å². The molecule has 124 valence electrons.